The van der Waals surface area contributed by atoms with Gasteiger partial charge in [0.15, 0.2) is 0 Å². The molecule has 1 aliphatic rings. The first kappa shape index (κ1) is 12.5. The van der Waals surface area contributed by atoms with Gasteiger partial charge >= 0.3 is 0 Å². The second-order valence-electron chi connectivity index (χ2n) is 5.05. The van der Waals surface area contributed by atoms with E-state index in [0.717, 1.165) is 17.8 Å². The molecule has 0 fully saturated rings. The van der Waals surface area contributed by atoms with Gasteiger partial charge in [-0.1, -0.05) is 18.2 Å². The Morgan fingerprint density at radius 1 is 1.25 bits per heavy atom. The van der Waals surface area contributed by atoms with Crippen molar-refractivity contribution >= 4 is 22.7 Å². The number of rotatable bonds is 2. The van der Waals surface area contributed by atoms with Crippen LogP contribution >= 0.6 is 0 Å². The molecule has 2 aromatic rings. The highest BCUT2D eigenvalue weighted by Crippen LogP contribution is 2.41. The van der Waals surface area contributed by atoms with E-state index in [9.17, 15) is 10.1 Å². The van der Waals surface area contributed by atoms with E-state index in [0.29, 0.717) is 5.69 Å². The quantitative estimate of drug-likeness (QED) is 0.516. The van der Waals surface area contributed by atoms with Gasteiger partial charge in [-0.2, -0.15) is 0 Å². The molecule has 2 N–H and O–H groups in total. The van der Waals surface area contributed by atoms with Crippen LogP contribution in [-0.4, -0.2) is 11.0 Å². The van der Waals surface area contributed by atoms with Crippen molar-refractivity contribution in [3.8, 4) is 0 Å². The monoisotopic (exact) mass is 269 g/mol. The van der Waals surface area contributed by atoms with Crippen molar-refractivity contribution in [3.05, 3.63) is 58.1 Å². The smallest absolute Gasteiger partial charge is 0.271 e. The summed E-state index contributed by atoms with van der Waals surface area (Å²) in [6, 6.07) is 13.1. The minimum Gasteiger partial charge on any atom is -0.397 e. The van der Waals surface area contributed by atoms with Gasteiger partial charge in [0.25, 0.3) is 5.69 Å². The molecule has 1 atom stereocenters. The van der Waals surface area contributed by atoms with Crippen LogP contribution in [0.2, 0.25) is 0 Å². The number of para-hydroxylation sites is 1. The zero-order chi connectivity index (χ0) is 14.3. The fourth-order valence-electron chi connectivity index (χ4n) is 2.81. The van der Waals surface area contributed by atoms with Crippen LogP contribution in [0, 0.1) is 10.1 Å². The van der Waals surface area contributed by atoms with E-state index < -0.39 is 4.92 Å². The van der Waals surface area contributed by atoms with Crippen molar-refractivity contribution < 1.29 is 4.92 Å². The number of nitrogen functional groups attached to an aromatic ring is 1. The van der Waals surface area contributed by atoms with Crippen LogP contribution in [0.3, 0.4) is 0 Å². The third kappa shape index (κ3) is 1.87. The lowest BCUT2D eigenvalue weighted by atomic mass is 10.1. The van der Waals surface area contributed by atoms with Crippen molar-refractivity contribution in [2.75, 3.05) is 10.6 Å². The highest BCUT2D eigenvalue weighted by Gasteiger charge is 2.28. The Labute approximate surface area is 116 Å². The largest absolute Gasteiger partial charge is 0.397 e. The Balaban J connectivity index is 2.07. The summed E-state index contributed by atoms with van der Waals surface area (Å²) in [5.41, 5.74) is 9.69. The number of benzene rings is 2. The summed E-state index contributed by atoms with van der Waals surface area (Å²) in [5, 5.41) is 10.8. The third-order valence-electron chi connectivity index (χ3n) is 3.69. The molecule has 5 nitrogen and oxygen atoms in total. The molecule has 102 valence electrons. The van der Waals surface area contributed by atoms with Crippen LogP contribution in [-0.2, 0) is 6.42 Å². The molecule has 2 aromatic carbocycles. The molecule has 0 saturated heterocycles. The van der Waals surface area contributed by atoms with Crippen molar-refractivity contribution in [2.45, 2.75) is 19.4 Å². The number of hydrogen-bond acceptors (Lipinski definition) is 4. The lowest BCUT2D eigenvalue weighted by Gasteiger charge is -2.26. The molecular weight excluding hydrogens is 254 g/mol. The van der Waals surface area contributed by atoms with Gasteiger partial charge in [-0.05, 0) is 31.0 Å². The van der Waals surface area contributed by atoms with Gasteiger partial charge in [0, 0.05) is 23.9 Å². The van der Waals surface area contributed by atoms with Gasteiger partial charge in [0.1, 0.15) is 0 Å². The molecule has 1 aliphatic heterocycles. The molecule has 0 aromatic heterocycles. The predicted octanol–water partition coefficient (Wildman–Crippen LogP) is 3.26. The molecule has 0 saturated carbocycles. The van der Waals surface area contributed by atoms with E-state index in [4.69, 9.17) is 5.73 Å². The minimum absolute atomic E-state index is 0.0198. The van der Waals surface area contributed by atoms with Gasteiger partial charge in [-0.15, -0.1) is 0 Å². The highest BCUT2D eigenvalue weighted by atomic mass is 16.6. The van der Waals surface area contributed by atoms with Gasteiger partial charge in [0.2, 0.25) is 0 Å². The molecule has 0 spiro atoms. The number of nitrogens with zero attached hydrogens (tertiary/aromatic N) is 2. The average Bonchev–Trinajstić information content (AvgIpc) is 2.74. The Hall–Kier alpha value is -2.56. The Morgan fingerprint density at radius 2 is 2.00 bits per heavy atom. The number of non-ortho nitro benzene ring substituents is 1. The molecule has 0 radical (unpaired) electrons. The van der Waals surface area contributed by atoms with E-state index in [1.807, 2.05) is 12.1 Å². The molecule has 5 heteroatoms. The zero-order valence-electron chi connectivity index (χ0n) is 11.1. The van der Waals surface area contributed by atoms with Crippen LogP contribution < -0.4 is 10.6 Å². The van der Waals surface area contributed by atoms with Gasteiger partial charge in [0.05, 0.1) is 16.3 Å². The summed E-state index contributed by atoms with van der Waals surface area (Å²) < 4.78 is 0. The van der Waals surface area contributed by atoms with Crippen molar-refractivity contribution in [3.63, 3.8) is 0 Å². The fraction of sp³-hybridized carbons (Fsp3) is 0.200. The van der Waals surface area contributed by atoms with Crippen LogP contribution in [0.15, 0.2) is 42.5 Å². The van der Waals surface area contributed by atoms with E-state index in [-0.39, 0.29) is 11.7 Å². The van der Waals surface area contributed by atoms with Crippen molar-refractivity contribution in [2.24, 2.45) is 0 Å². The molecule has 1 unspecified atom stereocenters. The third-order valence-corrected chi connectivity index (χ3v) is 3.69. The second kappa shape index (κ2) is 4.52. The van der Waals surface area contributed by atoms with Crippen LogP contribution in [0.25, 0.3) is 0 Å². The SMILES string of the molecule is CC1Cc2ccccc2N1c1ccc([N+](=O)[O-])cc1N. The first-order valence-electron chi connectivity index (χ1n) is 6.49. The summed E-state index contributed by atoms with van der Waals surface area (Å²) in [4.78, 5) is 12.5. The molecule has 0 aliphatic carbocycles. The molecule has 1 heterocycles. The highest BCUT2D eigenvalue weighted by molar-refractivity contribution is 5.80. The molecule has 0 bridgehead atoms. The molecule has 3 rings (SSSR count). The fourth-order valence-corrected chi connectivity index (χ4v) is 2.81. The van der Waals surface area contributed by atoms with Crippen LogP contribution in [0.4, 0.5) is 22.7 Å². The molecule has 20 heavy (non-hydrogen) atoms. The number of nitrogens with two attached hydrogens (primary N) is 1. The Kier molecular flexibility index (Phi) is 2.82. The maximum Gasteiger partial charge on any atom is 0.271 e. The first-order chi connectivity index (χ1) is 9.58. The minimum atomic E-state index is -0.429. The molecular formula is C15H15N3O2. The topological polar surface area (TPSA) is 72.4 Å². The predicted molar refractivity (Wildman–Crippen MR) is 79.3 cm³/mol. The number of nitro groups is 1. The van der Waals surface area contributed by atoms with E-state index in [2.05, 4.69) is 24.0 Å². The summed E-state index contributed by atoms with van der Waals surface area (Å²) in [5.74, 6) is 0. The Morgan fingerprint density at radius 3 is 2.70 bits per heavy atom. The van der Waals surface area contributed by atoms with Gasteiger partial charge in [-0.3, -0.25) is 10.1 Å². The number of anilines is 3. The van der Waals surface area contributed by atoms with Gasteiger partial charge in [-0.25, -0.2) is 0 Å². The van der Waals surface area contributed by atoms with Crippen LogP contribution in [0.5, 0.6) is 0 Å². The second-order valence-corrected chi connectivity index (χ2v) is 5.05. The lowest BCUT2D eigenvalue weighted by Crippen LogP contribution is -2.24. The normalized spacial score (nSPS) is 17.1. The van der Waals surface area contributed by atoms with E-state index in [1.165, 1.54) is 17.7 Å². The number of nitro benzene ring substituents is 1. The van der Waals surface area contributed by atoms with Gasteiger partial charge < -0.3 is 10.6 Å². The maximum atomic E-state index is 10.8. The van der Waals surface area contributed by atoms with Crippen LogP contribution in [0.1, 0.15) is 12.5 Å². The molecule has 0 amide bonds. The lowest BCUT2D eigenvalue weighted by molar-refractivity contribution is -0.384. The standard InChI is InChI=1S/C15H15N3O2/c1-10-8-11-4-2-3-5-14(11)17(10)15-7-6-12(18(19)20)9-13(15)16/h2-7,9-10H,8,16H2,1H3. The summed E-state index contributed by atoms with van der Waals surface area (Å²) in [7, 11) is 0. The summed E-state index contributed by atoms with van der Waals surface area (Å²) in [6.07, 6.45) is 0.951. The zero-order valence-corrected chi connectivity index (χ0v) is 11.1. The van der Waals surface area contributed by atoms with E-state index >= 15 is 0 Å². The first-order valence-corrected chi connectivity index (χ1v) is 6.49. The summed E-state index contributed by atoms with van der Waals surface area (Å²) >= 11 is 0. The maximum absolute atomic E-state index is 10.8. The van der Waals surface area contributed by atoms with Crippen molar-refractivity contribution in [1.82, 2.24) is 0 Å². The Bertz CT molecular complexity index is 685. The van der Waals surface area contributed by atoms with Crippen molar-refractivity contribution in [1.29, 1.82) is 0 Å². The summed E-state index contributed by atoms with van der Waals surface area (Å²) in [6.45, 7) is 2.13. The number of fused-ring (bicyclic) bond motifs is 1. The number of hydrogen-bond donors (Lipinski definition) is 1. The average molecular weight is 269 g/mol. The van der Waals surface area contributed by atoms with E-state index in [1.54, 1.807) is 6.07 Å².